The van der Waals surface area contributed by atoms with Crippen LogP contribution in [-0.2, 0) is 0 Å². The number of hydrogen-bond donors (Lipinski definition) is 1. The third-order valence-corrected chi connectivity index (χ3v) is 2.20. The lowest BCUT2D eigenvalue weighted by molar-refractivity contribution is 0.399. The van der Waals surface area contributed by atoms with Gasteiger partial charge in [-0.3, -0.25) is 0 Å². The second kappa shape index (κ2) is 4.84. The summed E-state index contributed by atoms with van der Waals surface area (Å²) < 4.78 is 5.17. The van der Waals surface area contributed by atoms with Crippen molar-refractivity contribution in [3.05, 3.63) is 17.8 Å². The first kappa shape index (κ1) is 10.8. The summed E-state index contributed by atoms with van der Waals surface area (Å²) in [7, 11) is 1.64. The van der Waals surface area contributed by atoms with Gasteiger partial charge in [-0.15, -0.1) is 0 Å². The lowest BCUT2D eigenvalue weighted by Crippen LogP contribution is -2.14. The molecule has 1 aromatic heterocycles. The number of pyridine rings is 1. The van der Waals surface area contributed by atoms with Crippen LogP contribution >= 0.6 is 0 Å². The third-order valence-electron chi connectivity index (χ3n) is 2.20. The van der Waals surface area contributed by atoms with E-state index in [2.05, 4.69) is 30.2 Å². The lowest BCUT2D eigenvalue weighted by atomic mass is 10.2. The normalized spacial score (nSPS) is 12.3. The highest BCUT2D eigenvalue weighted by Gasteiger charge is 2.06. The van der Waals surface area contributed by atoms with Gasteiger partial charge in [-0.25, -0.2) is 4.98 Å². The first-order chi connectivity index (χ1) is 6.67. The van der Waals surface area contributed by atoms with E-state index in [9.17, 15) is 0 Å². The molecule has 1 rings (SSSR count). The predicted molar refractivity (Wildman–Crippen MR) is 58.9 cm³/mol. The number of nitrogens with zero attached hydrogens (tertiary/aromatic N) is 1. The molecule has 0 bridgehead atoms. The van der Waals surface area contributed by atoms with Gasteiger partial charge < -0.3 is 10.1 Å². The Bertz CT molecular complexity index is 299. The van der Waals surface area contributed by atoms with Gasteiger partial charge in [-0.05, 0) is 31.9 Å². The first-order valence-electron chi connectivity index (χ1n) is 4.94. The smallest absolute Gasteiger partial charge is 0.237 e. The van der Waals surface area contributed by atoms with E-state index in [4.69, 9.17) is 4.74 Å². The molecule has 0 saturated heterocycles. The van der Waals surface area contributed by atoms with E-state index >= 15 is 0 Å². The van der Waals surface area contributed by atoms with Gasteiger partial charge in [0.2, 0.25) is 5.88 Å². The van der Waals surface area contributed by atoms with Crippen LogP contribution in [0.5, 0.6) is 5.88 Å². The molecule has 0 amide bonds. The molecule has 0 aromatic carbocycles. The molecule has 0 spiro atoms. The Kier molecular flexibility index (Phi) is 3.74. The highest BCUT2D eigenvalue weighted by atomic mass is 16.5. The largest absolute Gasteiger partial charge is 0.480 e. The van der Waals surface area contributed by atoms with Crippen molar-refractivity contribution >= 4 is 5.69 Å². The summed E-state index contributed by atoms with van der Waals surface area (Å²) in [6.07, 6.45) is 2.89. The fourth-order valence-corrected chi connectivity index (χ4v) is 1.19. The zero-order chi connectivity index (χ0) is 10.6. The van der Waals surface area contributed by atoms with Crippen LogP contribution in [0.1, 0.15) is 25.8 Å². The zero-order valence-electron chi connectivity index (χ0n) is 9.29. The van der Waals surface area contributed by atoms with Crippen molar-refractivity contribution in [3.63, 3.8) is 0 Å². The van der Waals surface area contributed by atoms with Gasteiger partial charge in [0.15, 0.2) is 0 Å². The van der Waals surface area contributed by atoms with Gasteiger partial charge in [-0.1, -0.05) is 6.92 Å². The van der Waals surface area contributed by atoms with E-state index in [0.29, 0.717) is 11.9 Å². The number of aromatic nitrogens is 1. The van der Waals surface area contributed by atoms with E-state index in [0.717, 1.165) is 17.7 Å². The van der Waals surface area contributed by atoms with Gasteiger partial charge >= 0.3 is 0 Å². The molecule has 0 aliphatic carbocycles. The summed E-state index contributed by atoms with van der Waals surface area (Å²) in [4.78, 5) is 4.20. The Balaban J connectivity index is 2.87. The van der Waals surface area contributed by atoms with Crippen LogP contribution in [0.4, 0.5) is 5.69 Å². The Hall–Kier alpha value is -1.25. The molecule has 0 fully saturated rings. The Morgan fingerprint density at radius 2 is 2.29 bits per heavy atom. The van der Waals surface area contributed by atoms with E-state index in [1.807, 2.05) is 6.92 Å². The molecule has 1 atom stereocenters. The molecule has 0 aliphatic heterocycles. The Labute approximate surface area is 85.5 Å². The molecule has 3 nitrogen and oxygen atoms in total. The van der Waals surface area contributed by atoms with Crippen molar-refractivity contribution in [2.45, 2.75) is 33.2 Å². The maximum Gasteiger partial charge on any atom is 0.237 e. The molecule has 0 aliphatic rings. The molecule has 1 heterocycles. The van der Waals surface area contributed by atoms with Gasteiger partial charge in [0.1, 0.15) is 0 Å². The monoisotopic (exact) mass is 194 g/mol. The van der Waals surface area contributed by atoms with E-state index in [1.165, 1.54) is 0 Å². The van der Waals surface area contributed by atoms with Gasteiger partial charge in [0, 0.05) is 12.2 Å². The van der Waals surface area contributed by atoms with Crippen molar-refractivity contribution in [2.75, 3.05) is 12.4 Å². The minimum atomic E-state index is 0.437. The molecule has 1 unspecified atom stereocenters. The van der Waals surface area contributed by atoms with Crippen molar-refractivity contribution < 1.29 is 4.74 Å². The SMILES string of the molecule is CCC(C)Nc1cc(C)cnc1OC. The number of ether oxygens (including phenoxy) is 1. The molecule has 1 N–H and O–H groups in total. The summed E-state index contributed by atoms with van der Waals surface area (Å²) in [5.74, 6) is 0.663. The molecular weight excluding hydrogens is 176 g/mol. The fourth-order valence-electron chi connectivity index (χ4n) is 1.19. The summed E-state index contributed by atoms with van der Waals surface area (Å²) in [6.45, 7) is 6.31. The number of anilines is 1. The quantitative estimate of drug-likeness (QED) is 0.800. The maximum atomic E-state index is 5.17. The predicted octanol–water partition coefficient (Wildman–Crippen LogP) is 2.61. The molecule has 78 valence electrons. The highest BCUT2D eigenvalue weighted by Crippen LogP contribution is 2.22. The zero-order valence-corrected chi connectivity index (χ0v) is 9.29. The van der Waals surface area contributed by atoms with Gasteiger partial charge in [0.25, 0.3) is 0 Å². The second-order valence-corrected chi connectivity index (χ2v) is 3.52. The van der Waals surface area contributed by atoms with Crippen LogP contribution in [0.25, 0.3) is 0 Å². The number of nitrogens with one attached hydrogen (secondary N) is 1. The van der Waals surface area contributed by atoms with E-state index < -0.39 is 0 Å². The van der Waals surface area contributed by atoms with Crippen LogP contribution in [-0.4, -0.2) is 18.1 Å². The standard InChI is InChI=1S/C11H18N2O/c1-5-9(3)13-10-6-8(2)7-12-11(10)14-4/h6-7,9,13H,5H2,1-4H3. The van der Waals surface area contributed by atoms with Crippen LogP contribution < -0.4 is 10.1 Å². The number of rotatable bonds is 4. The van der Waals surface area contributed by atoms with Crippen molar-refractivity contribution in [1.82, 2.24) is 4.98 Å². The summed E-state index contributed by atoms with van der Waals surface area (Å²) in [5.41, 5.74) is 2.11. The minimum Gasteiger partial charge on any atom is -0.480 e. The van der Waals surface area contributed by atoms with Crippen molar-refractivity contribution in [1.29, 1.82) is 0 Å². The van der Waals surface area contributed by atoms with Crippen molar-refractivity contribution in [2.24, 2.45) is 0 Å². The van der Waals surface area contributed by atoms with E-state index in [-0.39, 0.29) is 0 Å². The van der Waals surface area contributed by atoms with Gasteiger partial charge in [0.05, 0.1) is 12.8 Å². The topological polar surface area (TPSA) is 34.2 Å². The molecule has 0 radical (unpaired) electrons. The Morgan fingerprint density at radius 3 is 2.86 bits per heavy atom. The summed E-state index contributed by atoms with van der Waals surface area (Å²) in [6, 6.07) is 2.49. The molecular formula is C11H18N2O. The number of hydrogen-bond acceptors (Lipinski definition) is 3. The number of aryl methyl sites for hydroxylation is 1. The first-order valence-corrected chi connectivity index (χ1v) is 4.94. The van der Waals surface area contributed by atoms with Crippen LogP contribution in [0.2, 0.25) is 0 Å². The molecule has 3 heteroatoms. The highest BCUT2D eigenvalue weighted by molar-refractivity contribution is 5.54. The fraction of sp³-hybridized carbons (Fsp3) is 0.545. The van der Waals surface area contributed by atoms with Crippen LogP contribution in [0.15, 0.2) is 12.3 Å². The average molecular weight is 194 g/mol. The maximum absolute atomic E-state index is 5.17. The summed E-state index contributed by atoms with van der Waals surface area (Å²) >= 11 is 0. The van der Waals surface area contributed by atoms with Gasteiger partial charge in [-0.2, -0.15) is 0 Å². The third kappa shape index (κ3) is 2.62. The number of methoxy groups -OCH3 is 1. The van der Waals surface area contributed by atoms with Crippen LogP contribution in [0.3, 0.4) is 0 Å². The summed E-state index contributed by atoms with van der Waals surface area (Å²) in [5, 5.41) is 3.36. The molecule has 0 saturated carbocycles. The molecule has 1 aromatic rings. The van der Waals surface area contributed by atoms with Crippen LogP contribution in [0, 0.1) is 6.92 Å². The van der Waals surface area contributed by atoms with E-state index in [1.54, 1.807) is 13.3 Å². The molecule has 14 heavy (non-hydrogen) atoms. The minimum absolute atomic E-state index is 0.437. The Morgan fingerprint density at radius 1 is 1.57 bits per heavy atom. The lowest BCUT2D eigenvalue weighted by Gasteiger charge is -2.15. The van der Waals surface area contributed by atoms with Crippen molar-refractivity contribution in [3.8, 4) is 5.88 Å². The average Bonchev–Trinajstić information content (AvgIpc) is 2.18. The second-order valence-electron chi connectivity index (χ2n) is 3.52.